The summed E-state index contributed by atoms with van der Waals surface area (Å²) in [6.45, 7) is 4.97. The normalized spacial score (nSPS) is 17.1. The number of amides is 1. The van der Waals surface area contributed by atoms with E-state index in [1.165, 1.54) is 0 Å². The van der Waals surface area contributed by atoms with Crippen LogP contribution in [-0.2, 0) is 9.53 Å². The summed E-state index contributed by atoms with van der Waals surface area (Å²) in [4.78, 5) is 12.5. The number of anilines is 1. The Kier molecular flexibility index (Phi) is 5.65. The zero-order valence-electron chi connectivity index (χ0n) is 12.5. The van der Waals surface area contributed by atoms with Crippen molar-refractivity contribution >= 4 is 27.5 Å². The molecule has 1 fully saturated rings. The zero-order valence-corrected chi connectivity index (χ0v) is 14.1. The van der Waals surface area contributed by atoms with E-state index in [0.717, 1.165) is 29.6 Å². The molecule has 2 rings (SSSR count). The first-order valence-corrected chi connectivity index (χ1v) is 8.46. The molecule has 4 nitrogen and oxygen atoms in total. The van der Waals surface area contributed by atoms with Crippen molar-refractivity contribution in [2.24, 2.45) is 5.92 Å². The number of halogens is 1. The maximum Gasteiger partial charge on any atom is 0.256 e. The zero-order chi connectivity index (χ0) is 15.3. The lowest BCUT2D eigenvalue weighted by Gasteiger charge is -2.28. The largest absolute Gasteiger partial charge is 0.493 e. The van der Waals surface area contributed by atoms with Crippen LogP contribution < -0.4 is 10.1 Å². The summed E-state index contributed by atoms with van der Waals surface area (Å²) in [5.74, 6) is 1.06. The molecule has 1 N–H and O–H groups in total. The average molecular weight is 356 g/mol. The van der Waals surface area contributed by atoms with Crippen LogP contribution in [-0.4, -0.2) is 30.1 Å². The molecule has 1 aliphatic carbocycles. The third-order valence-corrected chi connectivity index (χ3v) is 4.03. The van der Waals surface area contributed by atoms with Crippen LogP contribution >= 0.6 is 15.9 Å². The van der Waals surface area contributed by atoms with Crippen LogP contribution in [0.5, 0.6) is 5.75 Å². The third kappa shape index (κ3) is 4.20. The lowest BCUT2D eigenvalue weighted by atomic mass is 9.99. The van der Waals surface area contributed by atoms with Gasteiger partial charge in [0.05, 0.1) is 6.61 Å². The highest BCUT2D eigenvalue weighted by Crippen LogP contribution is 2.42. The quantitative estimate of drug-likeness (QED) is 0.724. The number of benzene rings is 1. The molecule has 0 radical (unpaired) electrons. The van der Waals surface area contributed by atoms with Crippen molar-refractivity contribution in [2.75, 3.05) is 23.9 Å². The molecule has 0 aliphatic heterocycles. The highest BCUT2D eigenvalue weighted by molar-refractivity contribution is 9.09. The van der Waals surface area contributed by atoms with Gasteiger partial charge in [0.25, 0.3) is 5.91 Å². The van der Waals surface area contributed by atoms with Gasteiger partial charge in [-0.15, -0.1) is 0 Å². The van der Waals surface area contributed by atoms with Crippen LogP contribution in [0.25, 0.3) is 0 Å². The van der Waals surface area contributed by atoms with Crippen molar-refractivity contribution in [3.8, 4) is 5.75 Å². The molecule has 21 heavy (non-hydrogen) atoms. The number of rotatable bonds is 8. The summed E-state index contributed by atoms with van der Waals surface area (Å²) in [5.41, 5.74) is 0.0395. The highest BCUT2D eigenvalue weighted by atomic mass is 79.9. The Hall–Kier alpha value is -1.07. The lowest BCUT2D eigenvalue weighted by molar-refractivity contribution is -0.141. The van der Waals surface area contributed by atoms with Crippen LogP contribution in [0.1, 0.15) is 26.7 Å². The Morgan fingerprint density at radius 3 is 2.57 bits per heavy atom. The van der Waals surface area contributed by atoms with Crippen LogP contribution in [0.3, 0.4) is 0 Å². The number of carbonyl (C=O) groups excluding carboxylic acids is 1. The van der Waals surface area contributed by atoms with Crippen LogP contribution in [0, 0.1) is 5.92 Å². The standard InChI is InChI=1S/C16H22BrNO3/c1-3-21-16(2,12-4-5-12)15(19)18-13-6-8-14(9-7-13)20-11-10-17/h6-9,12H,3-5,10-11H2,1-2H3,(H,18,19)/t16-/m0/s1. The lowest BCUT2D eigenvalue weighted by Crippen LogP contribution is -2.44. The third-order valence-electron chi connectivity index (χ3n) is 3.71. The van der Waals surface area contributed by atoms with Crippen LogP contribution in [0.2, 0.25) is 0 Å². The van der Waals surface area contributed by atoms with Crippen molar-refractivity contribution in [3.63, 3.8) is 0 Å². The number of carbonyl (C=O) groups is 1. The second-order valence-corrected chi connectivity index (χ2v) is 6.12. The Morgan fingerprint density at radius 1 is 1.38 bits per heavy atom. The van der Waals surface area contributed by atoms with E-state index in [2.05, 4.69) is 21.2 Å². The minimum absolute atomic E-state index is 0.0685. The van der Waals surface area contributed by atoms with E-state index in [-0.39, 0.29) is 5.91 Å². The maximum atomic E-state index is 12.5. The van der Waals surface area contributed by atoms with Crippen molar-refractivity contribution in [3.05, 3.63) is 24.3 Å². The van der Waals surface area contributed by atoms with Gasteiger partial charge < -0.3 is 14.8 Å². The summed E-state index contributed by atoms with van der Waals surface area (Å²) in [7, 11) is 0. The molecule has 5 heteroatoms. The molecule has 116 valence electrons. The summed E-state index contributed by atoms with van der Waals surface area (Å²) in [5, 5.41) is 3.73. The van der Waals surface area contributed by atoms with Gasteiger partial charge in [0.2, 0.25) is 0 Å². The molecular formula is C16H22BrNO3. The summed E-state index contributed by atoms with van der Waals surface area (Å²) in [6, 6.07) is 7.41. The molecule has 1 atom stereocenters. The molecule has 0 spiro atoms. The first-order chi connectivity index (χ1) is 10.1. The predicted octanol–water partition coefficient (Wildman–Crippen LogP) is 3.60. The van der Waals surface area contributed by atoms with E-state index in [0.29, 0.717) is 19.1 Å². The van der Waals surface area contributed by atoms with Crippen molar-refractivity contribution in [1.82, 2.24) is 0 Å². The van der Waals surface area contributed by atoms with E-state index in [1.807, 2.05) is 38.1 Å². The SMILES string of the molecule is CCO[C@](C)(C(=O)Nc1ccc(OCCBr)cc1)C1CC1. The van der Waals surface area contributed by atoms with Gasteiger partial charge in [0.1, 0.15) is 11.4 Å². The fourth-order valence-corrected chi connectivity index (χ4v) is 2.51. The molecule has 0 bridgehead atoms. The monoisotopic (exact) mass is 355 g/mol. The minimum atomic E-state index is -0.722. The van der Waals surface area contributed by atoms with Gasteiger partial charge in [-0.25, -0.2) is 0 Å². The fourth-order valence-electron chi connectivity index (χ4n) is 2.35. The van der Waals surface area contributed by atoms with Crippen LogP contribution in [0.15, 0.2) is 24.3 Å². The van der Waals surface area contributed by atoms with E-state index in [1.54, 1.807) is 0 Å². The molecule has 1 amide bonds. The second-order valence-electron chi connectivity index (χ2n) is 5.33. The Morgan fingerprint density at radius 2 is 2.05 bits per heavy atom. The number of hydrogen-bond donors (Lipinski definition) is 1. The van der Waals surface area contributed by atoms with E-state index in [9.17, 15) is 4.79 Å². The molecule has 1 saturated carbocycles. The molecular weight excluding hydrogens is 334 g/mol. The Labute approximate surface area is 134 Å². The topological polar surface area (TPSA) is 47.6 Å². The fraction of sp³-hybridized carbons (Fsp3) is 0.562. The van der Waals surface area contributed by atoms with E-state index in [4.69, 9.17) is 9.47 Å². The van der Waals surface area contributed by atoms with Gasteiger partial charge >= 0.3 is 0 Å². The molecule has 0 unspecified atom stereocenters. The van der Waals surface area contributed by atoms with Crippen molar-refractivity contribution in [1.29, 1.82) is 0 Å². The van der Waals surface area contributed by atoms with Gasteiger partial charge in [0.15, 0.2) is 0 Å². The maximum absolute atomic E-state index is 12.5. The second kappa shape index (κ2) is 7.27. The molecule has 0 aromatic heterocycles. The number of nitrogens with one attached hydrogen (secondary N) is 1. The summed E-state index contributed by atoms with van der Waals surface area (Å²) in [6.07, 6.45) is 2.12. The van der Waals surface area contributed by atoms with Crippen LogP contribution in [0.4, 0.5) is 5.69 Å². The van der Waals surface area contributed by atoms with Gasteiger partial charge in [-0.3, -0.25) is 4.79 Å². The average Bonchev–Trinajstić information content (AvgIpc) is 3.31. The molecule has 0 saturated heterocycles. The Bertz CT molecular complexity index is 473. The van der Waals surface area contributed by atoms with Gasteiger partial charge in [-0.1, -0.05) is 15.9 Å². The van der Waals surface area contributed by atoms with Crippen molar-refractivity contribution in [2.45, 2.75) is 32.3 Å². The Balaban J connectivity index is 1.98. The van der Waals surface area contributed by atoms with Crippen molar-refractivity contribution < 1.29 is 14.3 Å². The summed E-state index contributed by atoms with van der Waals surface area (Å²) < 4.78 is 11.2. The first kappa shape index (κ1) is 16.3. The summed E-state index contributed by atoms with van der Waals surface area (Å²) >= 11 is 3.31. The smallest absolute Gasteiger partial charge is 0.256 e. The number of alkyl halides is 1. The predicted molar refractivity (Wildman–Crippen MR) is 87.1 cm³/mol. The van der Waals surface area contributed by atoms with Gasteiger partial charge in [0, 0.05) is 17.6 Å². The number of ether oxygens (including phenoxy) is 2. The minimum Gasteiger partial charge on any atom is -0.493 e. The number of hydrogen-bond acceptors (Lipinski definition) is 3. The molecule has 0 heterocycles. The highest BCUT2D eigenvalue weighted by Gasteiger charge is 2.48. The first-order valence-electron chi connectivity index (χ1n) is 7.34. The van der Waals surface area contributed by atoms with Gasteiger partial charge in [-0.2, -0.15) is 0 Å². The molecule has 1 aliphatic rings. The van der Waals surface area contributed by atoms with E-state index >= 15 is 0 Å². The molecule has 1 aromatic carbocycles. The molecule has 1 aromatic rings. The van der Waals surface area contributed by atoms with E-state index < -0.39 is 5.60 Å². The van der Waals surface area contributed by atoms with Gasteiger partial charge in [-0.05, 0) is 56.9 Å².